The first-order valence-corrected chi connectivity index (χ1v) is 11.9. The number of pyridine rings is 1. The molecule has 0 aliphatic heterocycles. The van der Waals surface area contributed by atoms with E-state index < -0.39 is 47.8 Å². The van der Waals surface area contributed by atoms with Gasteiger partial charge in [-0.3, -0.25) is 4.79 Å². The molecule has 1 unspecified atom stereocenters. The minimum absolute atomic E-state index is 0.0413. The van der Waals surface area contributed by atoms with Gasteiger partial charge in [-0.2, -0.15) is 18.3 Å². The number of alkyl halides is 3. The van der Waals surface area contributed by atoms with Crippen LogP contribution in [0.2, 0.25) is 0 Å². The van der Waals surface area contributed by atoms with Crippen LogP contribution in [0.15, 0.2) is 24.3 Å². The van der Waals surface area contributed by atoms with Crippen LogP contribution in [-0.4, -0.2) is 27.1 Å². The zero-order chi connectivity index (χ0) is 27.1. The van der Waals surface area contributed by atoms with Gasteiger partial charge in [0.15, 0.2) is 17.4 Å². The summed E-state index contributed by atoms with van der Waals surface area (Å²) < 4.78 is 86.7. The number of benzene rings is 1. The zero-order valence-corrected chi connectivity index (χ0v) is 20.4. The number of rotatable bonds is 10. The van der Waals surface area contributed by atoms with E-state index in [9.17, 15) is 31.1 Å². The van der Waals surface area contributed by atoms with E-state index in [0.29, 0.717) is 28.4 Å². The topological polar surface area (TPSA) is 69.6 Å². The largest absolute Gasteiger partial charge is 0.473 e. The summed E-state index contributed by atoms with van der Waals surface area (Å²) in [5.41, 5.74) is 6.25. The zero-order valence-electron chi connectivity index (χ0n) is 20.4. The number of ketones is 1. The lowest BCUT2D eigenvalue weighted by Crippen LogP contribution is -2.37. The van der Waals surface area contributed by atoms with E-state index in [2.05, 4.69) is 5.10 Å². The normalized spacial score (nSPS) is 15.7. The molecule has 1 aliphatic carbocycles. The summed E-state index contributed by atoms with van der Waals surface area (Å²) in [7, 11) is 0. The highest BCUT2D eigenvalue weighted by atomic mass is 19.4. The van der Waals surface area contributed by atoms with Gasteiger partial charge in [0.05, 0.1) is 22.3 Å². The predicted molar refractivity (Wildman–Crippen MR) is 124 cm³/mol. The summed E-state index contributed by atoms with van der Waals surface area (Å²) in [4.78, 5) is 13.3. The molecule has 0 bridgehead atoms. The van der Waals surface area contributed by atoms with Crippen molar-refractivity contribution in [3.63, 3.8) is 0 Å². The van der Waals surface area contributed by atoms with Crippen LogP contribution >= 0.6 is 0 Å². The van der Waals surface area contributed by atoms with Gasteiger partial charge < -0.3 is 10.5 Å². The van der Waals surface area contributed by atoms with E-state index in [4.69, 9.17) is 10.5 Å². The third kappa shape index (κ3) is 6.26. The second kappa shape index (κ2) is 10.00. The van der Waals surface area contributed by atoms with Crippen LogP contribution in [0.5, 0.6) is 5.88 Å². The molecule has 2 heterocycles. The van der Waals surface area contributed by atoms with Gasteiger partial charge in [-0.15, -0.1) is 0 Å². The lowest BCUT2D eigenvalue weighted by atomic mass is 9.89. The average Bonchev–Trinajstić information content (AvgIpc) is 3.59. The van der Waals surface area contributed by atoms with Crippen molar-refractivity contribution >= 4 is 11.3 Å². The summed E-state index contributed by atoms with van der Waals surface area (Å²) in [6, 6.07) is 4.78. The van der Waals surface area contributed by atoms with Crippen molar-refractivity contribution in [2.24, 2.45) is 5.73 Å². The summed E-state index contributed by atoms with van der Waals surface area (Å²) >= 11 is 0. The Morgan fingerprint density at radius 3 is 2.43 bits per heavy atom. The van der Waals surface area contributed by atoms with Gasteiger partial charge in [0.25, 0.3) is 0 Å². The third-order valence-electron chi connectivity index (χ3n) is 6.52. The Balaban J connectivity index is 1.62. The van der Waals surface area contributed by atoms with Crippen LogP contribution in [0.1, 0.15) is 78.5 Å². The maximum Gasteiger partial charge on any atom is 0.389 e. The van der Waals surface area contributed by atoms with Crippen molar-refractivity contribution in [3.8, 4) is 5.88 Å². The number of hydrogen-bond donors (Lipinski definition) is 1. The van der Waals surface area contributed by atoms with Crippen LogP contribution in [0.4, 0.5) is 26.3 Å². The predicted octanol–water partition coefficient (Wildman–Crippen LogP) is 6.54. The summed E-state index contributed by atoms with van der Waals surface area (Å²) in [6.45, 7) is 2.62. The molecule has 0 amide bonds. The Morgan fingerprint density at radius 2 is 1.78 bits per heavy atom. The summed E-state index contributed by atoms with van der Waals surface area (Å²) in [5.74, 6) is -3.69. The minimum atomic E-state index is -4.34. The molecule has 0 spiro atoms. The van der Waals surface area contributed by atoms with Gasteiger partial charge >= 0.3 is 6.18 Å². The molecular weight excluding hydrogens is 500 g/mol. The Morgan fingerprint density at radius 1 is 1.11 bits per heavy atom. The fourth-order valence-electron chi connectivity index (χ4n) is 4.22. The van der Waals surface area contributed by atoms with Gasteiger partial charge in [-0.1, -0.05) is 0 Å². The highest BCUT2D eigenvalue weighted by Crippen LogP contribution is 2.43. The Bertz CT molecular complexity index is 1330. The molecule has 5 nitrogen and oxygen atoms in total. The number of Topliss-reactive ketones (excluding diaryl/α,β-unsaturated/α-hetero) is 1. The molecule has 3 aromatic rings. The number of aryl methyl sites for hydroxylation is 1. The lowest BCUT2D eigenvalue weighted by Gasteiger charge is -2.25. The van der Waals surface area contributed by atoms with E-state index in [1.165, 1.54) is 11.4 Å². The van der Waals surface area contributed by atoms with Gasteiger partial charge in [-0.05, 0) is 63.3 Å². The molecule has 1 aliphatic rings. The number of hydrogen-bond acceptors (Lipinski definition) is 4. The number of ether oxygens (including phenoxy) is 1. The number of carbonyl (C=O) groups is 1. The molecule has 1 aromatic carbocycles. The van der Waals surface area contributed by atoms with Gasteiger partial charge in [-0.25, -0.2) is 17.7 Å². The van der Waals surface area contributed by atoms with Gasteiger partial charge in [0, 0.05) is 30.4 Å². The maximum atomic E-state index is 14.1. The Hall–Kier alpha value is -3.08. The maximum absolute atomic E-state index is 14.1. The van der Waals surface area contributed by atoms with Crippen LogP contribution in [-0.2, 0) is 6.61 Å². The molecule has 0 saturated heterocycles. The average molecular weight is 528 g/mol. The third-order valence-corrected chi connectivity index (χ3v) is 6.52. The summed E-state index contributed by atoms with van der Waals surface area (Å²) in [6.07, 6.45) is -4.06. The lowest BCUT2D eigenvalue weighted by molar-refractivity contribution is -0.138. The molecule has 4 rings (SSSR count). The van der Waals surface area contributed by atoms with Gasteiger partial charge in [0.1, 0.15) is 12.4 Å². The van der Waals surface area contributed by atoms with Gasteiger partial charge in [0.2, 0.25) is 5.88 Å². The Labute approximate surface area is 209 Å². The van der Waals surface area contributed by atoms with E-state index in [1.54, 1.807) is 19.1 Å². The monoisotopic (exact) mass is 527 g/mol. The number of nitrogens with two attached hydrogens (primary N) is 1. The van der Waals surface area contributed by atoms with Crippen molar-refractivity contribution in [2.45, 2.75) is 76.6 Å². The molecule has 2 N–H and O–H groups in total. The SMILES string of the molecule is Cc1cc(OCc2c(F)ccc(F)c2F)n2nc(C3CC3)c(C(=O)CCC(C)(N)CCC(F)(F)F)c2c1. The van der Waals surface area contributed by atoms with Crippen molar-refractivity contribution in [3.05, 3.63) is 64.1 Å². The first-order chi connectivity index (χ1) is 17.3. The van der Waals surface area contributed by atoms with E-state index in [-0.39, 0.29) is 36.8 Å². The highest BCUT2D eigenvalue weighted by molar-refractivity contribution is 6.04. The second-order valence-corrected chi connectivity index (χ2v) is 10.0. The standard InChI is InChI=1S/C26H27F6N3O2/c1-14-11-19-22(20(36)7-8-25(2,33)9-10-26(30,31)32)24(15-3-4-15)34-35(19)21(12-14)37-13-16-17(27)5-6-18(28)23(16)29/h5-6,11-12,15H,3-4,7-10,13,33H2,1-2H3. The summed E-state index contributed by atoms with van der Waals surface area (Å²) in [5, 5.41) is 4.55. The van der Waals surface area contributed by atoms with Crippen LogP contribution in [0.3, 0.4) is 0 Å². The molecule has 200 valence electrons. The molecule has 1 atom stereocenters. The van der Waals surface area contributed by atoms with Crippen LogP contribution < -0.4 is 10.5 Å². The molecule has 0 radical (unpaired) electrons. The van der Waals surface area contributed by atoms with Crippen molar-refractivity contribution in [2.75, 3.05) is 0 Å². The van der Waals surface area contributed by atoms with Crippen molar-refractivity contribution in [1.29, 1.82) is 0 Å². The quantitative estimate of drug-likeness (QED) is 0.185. The van der Waals surface area contributed by atoms with Crippen LogP contribution in [0.25, 0.3) is 5.52 Å². The molecule has 1 fully saturated rings. The Kier molecular flexibility index (Phi) is 7.29. The number of fused-ring (bicyclic) bond motifs is 1. The van der Waals surface area contributed by atoms with Crippen molar-refractivity contribution < 1.29 is 35.9 Å². The molecule has 37 heavy (non-hydrogen) atoms. The van der Waals surface area contributed by atoms with E-state index >= 15 is 0 Å². The molecule has 2 aromatic heterocycles. The molecule has 11 heteroatoms. The highest BCUT2D eigenvalue weighted by Gasteiger charge is 2.35. The van der Waals surface area contributed by atoms with E-state index in [1.807, 2.05) is 0 Å². The molecular formula is C26H27F6N3O2. The fourth-order valence-corrected chi connectivity index (χ4v) is 4.22. The number of nitrogens with zero attached hydrogens (tertiary/aromatic N) is 2. The number of carbonyl (C=O) groups excluding carboxylic acids is 1. The second-order valence-electron chi connectivity index (χ2n) is 10.0. The molecule has 1 saturated carbocycles. The van der Waals surface area contributed by atoms with E-state index in [0.717, 1.165) is 18.9 Å². The number of aromatic nitrogens is 2. The smallest absolute Gasteiger partial charge is 0.389 e. The van der Waals surface area contributed by atoms with Crippen molar-refractivity contribution in [1.82, 2.24) is 9.61 Å². The van der Waals surface area contributed by atoms with Crippen LogP contribution in [0, 0.1) is 24.4 Å². The minimum Gasteiger partial charge on any atom is -0.473 e. The fraction of sp³-hybridized carbons (Fsp3) is 0.462. The first kappa shape index (κ1) is 27.0. The first-order valence-electron chi connectivity index (χ1n) is 11.9. The number of halogens is 6.